The molecule has 6 heteroatoms. The lowest BCUT2D eigenvalue weighted by Crippen LogP contribution is -2.25. The molecule has 0 spiro atoms. The van der Waals surface area contributed by atoms with Crippen LogP contribution in [-0.2, 0) is 0 Å². The van der Waals surface area contributed by atoms with Crippen molar-refractivity contribution in [1.29, 1.82) is 0 Å². The molecule has 0 heterocycles. The highest BCUT2D eigenvalue weighted by atomic mass is 16.6. The summed E-state index contributed by atoms with van der Waals surface area (Å²) in [5.74, 6) is 0.547. The molecule has 112 valence electrons. The fourth-order valence-electron chi connectivity index (χ4n) is 2.29. The number of amides is 1. The van der Waals surface area contributed by atoms with Crippen LogP contribution in [0.2, 0.25) is 0 Å². The Bertz CT molecular complexity index is 565. The van der Waals surface area contributed by atoms with Gasteiger partial charge in [0.05, 0.1) is 4.92 Å². The Labute approximate surface area is 123 Å². The van der Waals surface area contributed by atoms with Gasteiger partial charge in [-0.3, -0.25) is 14.9 Å². The zero-order valence-electron chi connectivity index (χ0n) is 11.8. The number of nitro groups is 1. The molecule has 2 N–H and O–H groups in total. The second-order valence-corrected chi connectivity index (χ2v) is 5.90. The van der Waals surface area contributed by atoms with Gasteiger partial charge in [-0.15, -0.1) is 0 Å². The van der Waals surface area contributed by atoms with E-state index < -0.39 is 4.92 Å². The van der Waals surface area contributed by atoms with E-state index in [0.29, 0.717) is 11.3 Å². The molecule has 0 radical (unpaired) electrons. The minimum absolute atomic E-state index is 0.0331. The summed E-state index contributed by atoms with van der Waals surface area (Å²) in [4.78, 5) is 22.7. The molecule has 1 amide bonds. The quantitative estimate of drug-likeness (QED) is 0.597. The highest BCUT2D eigenvalue weighted by Crippen LogP contribution is 2.33. The Hall–Kier alpha value is -2.11. The number of benzene rings is 1. The number of nitrogens with one attached hydrogen (secondary N) is 2. The number of hydrogen-bond donors (Lipinski definition) is 2. The average molecular weight is 289 g/mol. The van der Waals surface area contributed by atoms with Gasteiger partial charge >= 0.3 is 0 Å². The molecule has 2 saturated carbocycles. The first-order valence-electron chi connectivity index (χ1n) is 7.46. The van der Waals surface area contributed by atoms with Gasteiger partial charge in [-0.05, 0) is 37.3 Å². The predicted octanol–water partition coefficient (Wildman–Crippen LogP) is 2.70. The Morgan fingerprint density at radius 1 is 1.29 bits per heavy atom. The second kappa shape index (κ2) is 5.71. The van der Waals surface area contributed by atoms with Crippen LogP contribution in [0.15, 0.2) is 18.2 Å². The molecule has 0 aromatic heterocycles. The maximum atomic E-state index is 11.9. The van der Waals surface area contributed by atoms with Crippen LogP contribution in [0.25, 0.3) is 0 Å². The zero-order valence-corrected chi connectivity index (χ0v) is 11.8. The van der Waals surface area contributed by atoms with Crippen molar-refractivity contribution in [3.8, 4) is 0 Å². The molecule has 1 aromatic rings. The molecule has 6 nitrogen and oxygen atoms in total. The summed E-state index contributed by atoms with van der Waals surface area (Å²) in [6, 6.07) is 4.88. The standard InChI is InChI=1S/C15H19N3O3/c19-15(17-12-4-5-12)11-3-6-13(14(9-11)18(20)21)16-8-7-10-1-2-10/h3,6,9-10,12,16H,1-2,4-5,7-8H2,(H,17,19). The smallest absolute Gasteiger partial charge is 0.293 e. The maximum absolute atomic E-state index is 11.9. The molecule has 1 aromatic carbocycles. The van der Waals surface area contributed by atoms with E-state index in [-0.39, 0.29) is 17.6 Å². The Kier molecular flexibility index (Phi) is 3.77. The normalized spacial score (nSPS) is 17.3. The van der Waals surface area contributed by atoms with Crippen molar-refractivity contribution < 1.29 is 9.72 Å². The van der Waals surface area contributed by atoms with Gasteiger partial charge in [0, 0.05) is 24.2 Å². The molecule has 0 bridgehead atoms. The van der Waals surface area contributed by atoms with Gasteiger partial charge < -0.3 is 10.6 Å². The summed E-state index contributed by atoms with van der Waals surface area (Å²) in [6.07, 6.45) is 5.57. The first-order chi connectivity index (χ1) is 10.1. The van der Waals surface area contributed by atoms with Crippen molar-refractivity contribution in [2.75, 3.05) is 11.9 Å². The Morgan fingerprint density at radius 3 is 2.67 bits per heavy atom. The van der Waals surface area contributed by atoms with Gasteiger partial charge in [0.1, 0.15) is 5.69 Å². The highest BCUT2D eigenvalue weighted by Gasteiger charge is 2.25. The summed E-state index contributed by atoms with van der Waals surface area (Å²) in [7, 11) is 0. The number of hydrogen-bond acceptors (Lipinski definition) is 4. The maximum Gasteiger partial charge on any atom is 0.293 e. The van der Waals surface area contributed by atoms with Gasteiger partial charge in [-0.1, -0.05) is 12.8 Å². The van der Waals surface area contributed by atoms with Crippen LogP contribution in [0.5, 0.6) is 0 Å². The summed E-state index contributed by atoms with van der Waals surface area (Å²) in [5.41, 5.74) is 0.805. The van der Waals surface area contributed by atoms with Gasteiger partial charge in [0.15, 0.2) is 0 Å². The fraction of sp³-hybridized carbons (Fsp3) is 0.533. The van der Waals surface area contributed by atoms with E-state index in [1.165, 1.54) is 18.9 Å². The molecule has 2 aliphatic carbocycles. The minimum Gasteiger partial charge on any atom is -0.379 e. The van der Waals surface area contributed by atoms with E-state index in [1.54, 1.807) is 12.1 Å². The molecule has 0 saturated heterocycles. The van der Waals surface area contributed by atoms with E-state index in [2.05, 4.69) is 10.6 Å². The Morgan fingerprint density at radius 2 is 2.05 bits per heavy atom. The summed E-state index contributed by atoms with van der Waals surface area (Å²) < 4.78 is 0. The molecular formula is C15H19N3O3. The van der Waals surface area contributed by atoms with E-state index in [4.69, 9.17) is 0 Å². The number of nitrogens with zero attached hydrogens (tertiary/aromatic N) is 1. The lowest BCUT2D eigenvalue weighted by Gasteiger charge is -2.08. The number of carbonyl (C=O) groups excluding carboxylic acids is 1. The van der Waals surface area contributed by atoms with Gasteiger partial charge in [-0.25, -0.2) is 0 Å². The van der Waals surface area contributed by atoms with Crippen molar-refractivity contribution in [3.63, 3.8) is 0 Å². The first-order valence-corrected chi connectivity index (χ1v) is 7.46. The molecule has 2 aliphatic rings. The fourth-order valence-corrected chi connectivity index (χ4v) is 2.29. The van der Waals surface area contributed by atoms with Gasteiger partial charge in [0.2, 0.25) is 0 Å². The van der Waals surface area contributed by atoms with E-state index in [0.717, 1.165) is 31.7 Å². The largest absolute Gasteiger partial charge is 0.379 e. The third kappa shape index (κ3) is 3.71. The van der Waals surface area contributed by atoms with Crippen LogP contribution in [0.1, 0.15) is 42.5 Å². The van der Waals surface area contributed by atoms with Gasteiger partial charge in [-0.2, -0.15) is 0 Å². The molecule has 0 atom stereocenters. The third-order valence-electron chi connectivity index (χ3n) is 3.93. The lowest BCUT2D eigenvalue weighted by molar-refractivity contribution is -0.384. The van der Waals surface area contributed by atoms with Crippen LogP contribution in [0, 0.1) is 16.0 Å². The number of nitro benzene ring substituents is 1. The molecule has 21 heavy (non-hydrogen) atoms. The van der Waals surface area contributed by atoms with E-state index in [9.17, 15) is 14.9 Å². The van der Waals surface area contributed by atoms with Crippen LogP contribution in [0.3, 0.4) is 0 Å². The summed E-state index contributed by atoms with van der Waals surface area (Å²) in [5, 5.41) is 17.1. The predicted molar refractivity (Wildman–Crippen MR) is 79.4 cm³/mol. The van der Waals surface area contributed by atoms with E-state index in [1.807, 2.05) is 0 Å². The van der Waals surface area contributed by atoms with Crippen molar-refractivity contribution in [1.82, 2.24) is 5.32 Å². The average Bonchev–Trinajstić information content (AvgIpc) is 3.33. The third-order valence-corrected chi connectivity index (χ3v) is 3.93. The Balaban J connectivity index is 1.69. The summed E-state index contributed by atoms with van der Waals surface area (Å²) >= 11 is 0. The topological polar surface area (TPSA) is 84.3 Å². The van der Waals surface area contributed by atoms with Crippen LogP contribution in [0.4, 0.5) is 11.4 Å². The zero-order chi connectivity index (χ0) is 14.8. The van der Waals surface area contributed by atoms with Crippen LogP contribution >= 0.6 is 0 Å². The summed E-state index contributed by atoms with van der Waals surface area (Å²) in [6.45, 7) is 0.735. The second-order valence-electron chi connectivity index (χ2n) is 5.90. The van der Waals surface area contributed by atoms with Crippen molar-refractivity contribution in [2.45, 2.75) is 38.1 Å². The van der Waals surface area contributed by atoms with E-state index >= 15 is 0 Å². The minimum atomic E-state index is -0.437. The number of anilines is 1. The lowest BCUT2D eigenvalue weighted by atomic mass is 10.1. The molecule has 2 fully saturated rings. The SMILES string of the molecule is O=C(NC1CC1)c1ccc(NCCC2CC2)c([N+](=O)[O-])c1. The molecular weight excluding hydrogens is 270 g/mol. The molecule has 0 aliphatic heterocycles. The van der Waals surface area contributed by atoms with Crippen LogP contribution < -0.4 is 10.6 Å². The van der Waals surface area contributed by atoms with Crippen LogP contribution in [-0.4, -0.2) is 23.4 Å². The highest BCUT2D eigenvalue weighted by molar-refractivity contribution is 5.96. The monoisotopic (exact) mass is 289 g/mol. The first kappa shape index (κ1) is 13.9. The molecule has 3 rings (SSSR count). The molecule has 0 unspecified atom stereocenters. The van der Waals surface area contributed by atoms with Crippen molar-refractivity contribution in [2.24, 2.45) is 5.92 Å². The van der Waals surface area contributed by atoms with Crippen molar-refractivity contribution >= 4 is 17.3 Å². The van der Waals surface area contributed by atoms with Gasteiger partial charge in [0.25, 0.3) is 11.6 Å². The van der Waals surface area contributed by atoms with Crippen molar-refractivity contribution in [3.05, 3.63) is 33.9 Å². The number of rotatable bonds is 7. The number of carbonyl (C=O) groups is 1.